The first-order chi connectivity index (χ1) is 13.2. The van der Waals surface area contributed by atoms with E-state index in [2.05, 4.69) is 47.2 Å². The molecule has 5 nitrogen and oxygen atoms in total. The van der Waals surface area contributed by atoms with Crippen molar-refractivity contribution < 1.29 is 0 Å². The van der Waals surface area contributed by atoms with Crippen molar-refractivity contribution in [1.82, 2.24) is 14.9 Å². The summed E-state index contributed by atoms with van der Waals surface area (Å²) in [7, 11) is 2.15. The Morgan fingerprint density at radius 1 is 1.07 bits per heavy atom. The van der Waals surface area contributed by atoms with Crippen molar-refractivity contribution >= 4 is 27.4 Å². The summed E-state index contributed by atoms with van der Waals surface area (Å²) in [6, 6.07) is 12.8. The average Bonchev–Trinajstić information content (AvgIpc) is 3.03. The monoisotopic (exact) mass is 377 g/mol. The fraction of sp³-hybridized carbons (Fsp3) is 0.381. The Morgan fingerprint density at radius 3 is 2.52 bits per heavy atom. The fourth-order valence-electron chi connectivity index (χ4n) is 3.53. The lowest BCUT2D eigenvalue weighted by molar-refractivity contribution is 0.312. The van der Waals surface area contributed by atoms with Gasteiger partial charge in [0.05, 0.1) is 5.39 Å². The minimum Gasteiger partial charge on any atom is -0.353 e. The molecule has 3 aromatic rings. The maximum Gasteiger partial charge on any atom is 0.141 e. The van der Waals surface area contributed by atoms with Gasteiger partial charge in [-0.2, -0.15) is 5.26 Å². The van der Waals surface area contributed by atoms with Crippen LogP contribution in [-0.4, -0.2) is 48.1 Å². The summed E-state index contributed by atoms with van der Waals surface area (Å²) in [5.41, 5.74) is 2.31. The van der Waals surface area contributed by atoms with E-state index in [9.17, 15) is 5.26 Å². The number of hydrogen-bond acceptors (Lipinski definition) is 6. The Balaban J connectivity index is 1.71. The molecular formula is C21H23N5S. The van der Waals surface area contributed by atoms with Crippen LogP contribution in [0.5, 0.6) is 0 Å². The van der Waals surface area contributed by atoms with E-state index in [1.165, 1.54) is 16.9 Å². The van der Waals surface area contributed by atoms with Gasteiger partial charge in [0.1, 0.15) is 27.4 Å². The summed E-state index contributed by atoms with van der Waals surface area (Å²) >= 11 is 1.49. The SMILES string of the molecule is Cc1c(C#N)sc2nc(CCc3ccccc3)nc(N3CCN(C)CC3)c12. The van der Waals surface area contributed by atoms with Crippen molar-refractivity contribution in [3.05, 3.63) is 52.2 Å². The van der Waals surface area contributed by atoms with E-state index in [4.69, 9.17) is 9.97 Å². The fourth-order valence-corrected chi connectivity index (χ4v) is 4.52. The Hall–Kier alpha value is -2.49. The molecule has 0 aliphatic carbocycles. The topological polar surface area (TPSA) is 56.1 Å². The lowest BCUT2D eigenvalue weighted by atomic mass is 10.1. The largest absolute Gasteiger partial charge is 0.353 e. The summed E-state index contributed by atoms with van der Waals surface area (Å²) in [6.07, 6.45) is 1.73. The van der Waals surface area contributed by atoms with Crippen LogP contribution in [0.1, 0.15) is 21.8 Å². The summed E-state index contributed by atoms with van der Waals surface area (Å²) in [6.45, 7) is 5.98. The van der Waals surface area contributed by atoms with Gasteiger partial charge in [0.15, 0.2) is 0 Å². The van der Waals surface area contributed by atoms with Gasteiger partial charge in [0.25, 0.3) is 0 Å². The molecule has 0 radical (unpaired) electrons. The van der Waals surface area contributed by atoms with Crippen molar-refractivity contribution in [2.45, 2.75) is 19.8 Å². The second-order valence-corrected chi connectivity index (χ2v) is 8.09. The molecule has 1 aromatic carbocycles. The van der Waals surface area contributed by atoms with Crippen LogP contribution in [0.25, 0.3) is 10.2 Å². The number of anilines is 1. The molecular weight excluding hydrogens is 354 g/mol. The Bertz CT molecular complexity index is 981. The number of aromatic nitrogens is 2. The van der Waals surface area contributed by atoms with E-state index in [1.54, 1.807) is 0 Å². The van der Waals surface area contributed by atoms with Crippen LogP contribution in [-0.2, 0) is 12.8 Å². The van der Waals surface area contributed by atoms with Gasteiger partial charge < -0.3 is 9.80 Å². The van der Waals surface area contributed by atoms with Crippen molar-refractivity contribution in [3.8, 4) is 6.07 Å². The number of benzene rings is 1. The molecule has 0 spiro atoms. The molecule has 0 unspecified atom stereocenters. The Morgan fingerprint density at radius 2 is 1.81 bits per heavy atom. The third-order valence-electron chi connectivity index (χ3n) is 5.20. The molecule has 1 fully saturated rings. The summed E-state index contributed by atoms with van der Waals surface area (Å²) < 4.78 is 0. The van der Waals surface area contributed by atoms with Crippen molar-refractivity contribution in [3.63, 3.8) is 0 Å². The highest BCUT2D eigenvalue weighted by Crippen LogP contribution is 2.35. The van der Waals surface area contributed by atoms with Gasteiger partial charge in [0, 0.05) is 32.6 Å². The average molecular weight is 378 g/mol. The standard InChI is InChI=1S/C21H23N5S/c1-15-17(14-22)27-21-19(15)20(26-12-10-25(2)11-13-26)23-18(24-21)9-8-16-6-4-3-5-7-16/h3-7H,8-13H2,1-2H3. The molecule has 0 N–H and O–H groups in total. The molecule has 0 amide bonds. The molecule has 0 bridgehead atoms. The number of hydrogen-bond donors (Lipinski definition) is 0. The molecule has 1 aliphatic heterocycles. The number of thiophene rings is 1. The minimum atomic E-state index is 0.745. The first-order valence-electron chi connectivity index (χ1n) is 9.33. The van der Waals surface area contributed by atoms with Crippen LogP contribution in [0.4, 0.5) is 5.82 Å². The number of nitrogens with zero attached hydrogens (tertiary/aromatic N) is 5. The van der Waals surface area contributed by atoms with Gasteiger partial charge in [0.2, 0.25) is 0 Å². The van der Waals surface area contributed by atoms with Crippen molar-refractivity contribution in [2.24, 2.45) is 0 Å². The molecule has 3 heterocycles. The number of rotatable bonds is 4. The van der Waals surface area contributed by atoms with E-state index < -0.39 is 0 Å². The molecule has 1 aliphatic rings. The van der Waals surface area contributed by atoms with E-state index >= 15 is 0 Å². The van der Waals surface area contributed by atoms with Gasteiger partial charge >= 0.3 is 0 Å². The Labute approximate surface area is 163 Å². The molecule has 4 rings (SSSR count). The highest BCUT2D eigenvalue weighted by Gasteiger charge is 2.22. The molecule has 138 valence electrons. The third kappa shape index (κ3) is 3.66. The second kappa shape index (κ2) is 7.63. The van der Waals surface area contributed by atoms with Crippen molar-refractivity contribution in [1.29, 1.82) is 5.26 Å². The number of likely N-dealkylation sites (N-methyl/N-ethyl adjacent to an activating group) is 1. The van der Waals surface area contributed by atoms with Crippen LogP contribution in [0, 0.1) is 18.3 Å². The van der Waals surface area contributed by atoms with Crippen LogP contribution in [0.15, 0.2) is 30.3 Å². The van der Waals surface area contributed by atoms with E-state index in [1.807, 2.05) is 13.0 Å². The number of aryl methyl sites for hydroxylation is 3. The van der Waals surface area contributed by atoms with Gasteiger partial charge in [-0.05, 0) is 31.5 Å². The zero-order chi connectivity index (χ0) is 18.8. The predicted octanol–water partition coefficient (Wildman–Crippen LogP) is 3.41. The first-order valence-corrected chi connectivity index (χ1v) is 10.1. The highest BCUT2D eigenvalue weighted by atomic mass is 32.1. The predicted molar refractivity (Wildman–Crippen MR) is 110 cm³/mol. The maximum atomic E-state index is 9.47. The highest BCUT2D eigenvalue weighted by molar-refractivity contribution is 7.19. The van der Waals surface area contributed by atoms with Gasteiger partial charge in [-0.25, -0.2) is 9.97 Å². The minimum absolute atomic E-state index is 0.745. The summed E-state index contributed by atoms with van der Waals surface area (Å²) in [5, 5.41) is 10.5. The summed E-state index contributed by atoms with van der Waals surface area (Å²) in [4.78, 5) is 16.2. The number of nitriles is 1. The molecule has 0 atom stereocenters. The first kappa shape index (κ1) is 17.9. The van der Waals surface area contributed by atoms with E-state index in [-0.39, 0.29) is 0 Å². The maximum absolute atomic E-state index is 9.47. The molecule has 6 heteroatoms. The normalized spacial score (nSPS) is 15.2. The lowest BCUT2D eigenvalue weighted by Gasteiger charge is -2.33. The smallest absolute Gasteiger partial charge is 0.141 e. The van der Waals surface area contributed by atoms with Gasteiger partial charge in [-0.15, -0.1) is 11.3 Å². The molecule has 1 saturated heterocycles. The lowest BCUT2D eigenvalue weighted by Crippen LogP contribution is -2.45. The quantitative estimate of drug-likeness (QED) is 0.697. The van der Waals surface area contributed by atoms with Gasteiger partial charge in [-0.1, -0.05) is 30.3 Å². The van der Waals surface area contributed by atoms with Crippen molar-refractivity contribution in [2.75, 3.05) is 38.1 Å². The number of piperazine rings is 1. The second-order valence-electron chi connectivity index (χ2n) is 7.09. The summed E-state index contributed by atoms with van der Waals surface area (Å²) in [5.74, 6) is 1.87. The van der Waals surface area contributed by atoms with E-state index in [0.29, 0.717) is 0 Å². The van der Waals surface area contributed by atoms with E-state index in [0.717, 1.165) is 71.3 Å². The zero-order valence-corrected chi connectivity index (χ0v) is 16.6. The zero-order valence-electron chi connectivity index (χ0n) is 15.8. The van der Waals surface area contributed by atoms with Crippen LogP contribution < -0.4 is 4.90 Å². The number of fused-ring (bicyclic) bond motifs is 1. The molecule has 2 aromatic heterocycles. The molecule has 27 heavy (non-hydrogen) atoms. The Kier molecular flexibility index (Phi) is 5.06. The third-order valence-corrected chi connectivity index (χ3v) is 6.29. The van der Waals surface area contributed by atoms with Gasteiger partial charge in [-0.3, -0.25) is 0 Å². The van der Waals surface area contributed by atoms with Crippen LogP contribution in [0.3, 0.4) is 0 Å². The van der Waals surface area contributed by atoms with Crippen LogP contribution >= 0.6 is 11.3 Å². The van der Waals surface area contributed by atoms with Crippen LogP contribution in [0.2, 0.25) is 0 Å². The molecule has 0 saturated carbocycles.